The number of hydrogen-bond acceptors (Lipinski definition) is 2. The molecule has 0 aliphatic rings. The summed E-state index contributed by atoms with van der Waals surface area (Å²) in [6.07, 6.45) is 0.414. The van der Waals surface area contributed by atoms with Gasteiger partial charge in [0.25, 0.3) is 0 Å². The lowest BCUT2D eigenvalue weighted by atomic mass is 9.98. The van der Waals surface area contributed by atoms with Crippen LogP contribution in [0.5, 0.6) is 0 Å². The fourth-order valence-electron chi connectivity index (χ4n) is 2.57. The van der Waals surface area contributed by atoms with E-state index in [9.17, 15) is 4.79 Å². The van der Waals surface area contributed by atoms with Crippen molar-refractivity contribution in [2.45, 2.75) is 39.4 Å². The standard InChI is InChI=1S/C20H24O2/c1-4-18(15(2)3)22-20(17-13-9-6-10-14-17)19(21)16-11-7-5-8-12-16/h5-15,18,20H,4H2,1-3H3. The van der Waals surface area contributed by atoms with Crippen molar-refractivity contribution >= 4 is 5.78 Å². The van der Waals surface area contributed by atoms with E-state index in [2.05, 4.69) is 20.8 Å². The highest BCUT2D eigenvalue weighted by Crippen LogP contribution is 2.27. The zero-order valence-corrected chi connectivity index (χ0v) is 13.5. The normalized spacial score (nSPS) is 13.8. The Hall–Kier alpha value is -1.93. The van der Waals surface area contributed by atoms with E-state index in [-0.39, 0.29) is 11.9 Å². The molecule has 0 aliphatic heterocycles. The third-order valence-electron chi connectivity index (χ3n) is 3.86. The van der Waals surface area contributed by atoms with Crippen LogP contribution < -0.4 is 0 Å². The van der Waals surface area contributed by atoms with Gasteiger partial charge in [0.05, 0.1) is 6.10 Å². The van der Waals surface area contributed by atoms with Gasteiger partial charge in [-0.1, -0.05) is 81.4 Å². The van der Waals surface area contributed by atoms with Gasteiger partial charge in [0, 0.05) is 5.56 Å². The van der Waals surface area contributed by atoms with Crippen LogP contribution in [0.2, 0.25) is 0 Å². The van der Waals surface area contributed by atoms with Gasteiger partial charge in [-0.15, -0.1) is 0 Å². The van der Waals surface area contributed by atoms with Crippen LogP contribution in [-0.4, -0.2) is 11.9 Å². The molecule has 2 unspecified atom stereocenters. The van der Waals surface area contributed by atoms with E-state index in [1.807, 2.05) is 60.7 Å². The molecular weight excluding hydrogens is 272 g/mol. The smallest absolute Gasteiger partial charge is 0.196 e. The van der Waals surface area contributed by atoms with Crippen LogP contribution in [0, 0.1) is 5.92 Å². The second-order valence-electron chi connectivity index (χ2n) is 5.85. The van der Waals surface area contributed by atoms with Gasteiger partial charge in [0.1, 0.15) is 6.10 Å². The number of hydrogen-bond donors (Lipinski definition) is 0. The molecule has 2 rings (SSSR count). The Balaban J connectivity index is 2.32. The van der Waals surface area contributed by atoms with E-state index in [0.29, 0.717) is 11.5 Å². The Kier molecular flexibility index (Phi) is 5.91. The van der Waals surface area contributed by atoms with Crippen LogP contribution in [0.1, 0.15) is 49.2 Å². The second-order valence-corrected chi connectivity index (χ2v) is 5.85. The molecule has 0 radical (unpaired) electrons. The zero-order valence-electron chi connectivity index (χ0n) is 13.5. The van der Waals surface area contributed by atoms with Crippen molar-refractivity contribution in [1.82, 2.24) is 0 Å². The third kappa shape index (κ3) is 4.05. The summed E-state index contributed by atoms with van der Waals surface area (Å²) in [4.78, 5) is 12.9. The molecule has 2 heteroatoms. The molecule has 0 amide bonds. The van der Waals surface area contributed by atoms with E-state index in [0.717, 1.165) is 12.0 Å². The van der Waals surface area contributed by atoms with E-state index < -0.39 is 6.10 Å². The van der Waals surface area contributed by atoms with Gasteiger partial charge in [0.15, 0.2) is 5.78 Å². The number of carbonyl (C=O) groups is 1. The van der Waals surface area contributed by atoms with E-state index in [1.165, 1.54) is 0 Å². The summed E-state index contributed by atoms with van der Waals surface area (Å²) in [6.45, 7) is 6.35. The van der Waals surface area contributed by atoms with Crippen LogP contribution in [0.3, 0.4) is 0 Å². The Bertz CT molecular complexity index is 575. The maximum absolute atomic E-state index is 12.9. The predicted octanol–water partition coefficient (Wildman–Crippen LogP) is 5.06. The summed E-state index contributed by atoms with van der Waals surface area (Å²) in [5.41, 5.74) is 1.60. The number of ketones is 1. The largest absolute Gasteiger partial charge is 0.362 e. The summed E-state index contributed by atoms with van der Waals surface area (Å²) in [6, 6.07) is 19.1. The minimum absolute atomic E-state index is 0.0194. The van der Waals surface area contributed by atoms with E-state index in [1.54, 1.807) is 0 Å². The zero-order chi connectivity index (χ0) is 15.9. The number of rotatable bonds is 7. The summed E-state index contributed by atoms with van der Waals surface area (Å²) in [5, 5.41) is 0. The van der Waals surface area contributed by atoms with Gasteiger partial charge < -0.3 is 4.74 Å². The highest BCUT2D eigenvalue weighted by atomic mass is 16.5. The molecule has 2 aromatic rings. The molecule has 0 saturated heterocycles. The first-order chi connectivity index (χ1) is 10.6. The number of ether oxygens (including phenoxy) is 1. The van der Waals surface area contributed by atoms with Crippen LogP contribution in [-0.2, 0) is 4.74 Å². The van der Waals surface area contributed by atoms with Crippen molar-refractivity contribution < 1.29 is 9.53 Å². The number of benzene rings is 2. The van der Waals surface area contributed by atoms with Gasteiger partial charge in [0.2, 0.25) is 0 Å². The van der Waals surface area contributed by atoms with Gasteiger partial charge >= 0.3 is 0 Å². The summed E-state index contributed by atoms with van der Waals surface area (Å²) in [5.74, 6) is 0.394. The minimum Gasteiger partial charge on any atom is -0.362 e. The highest BCUT2D eigenvalue weighted by molar-refractivity contribution is 6.00. The van der Waals surface area contributed by atoms with Gasteiger partial charge in [-0.3, -0.25) is 4.79 Å². The summed E-state index contributed by atoms with van der Waals surface area (Å²) < 4.78 is 6.21. The van der Waals surface area contributed by atoms with Crippen molar-refractivity contribution in [1.29, 1.82) is 0 Å². The first-order valence-electron chi connectivity index (χ1n) is 7.93. The molecule has 0 N–H and O–H groups in total. The van der Waals surface area contributed by atoms with E-state index in [4.69, 9.17) is 4.74 Å². The van der Waals surface area contributed by atoms with Crippen molar-refractivity contribution in [3.63, 3.8) is 0 Å². The van der Waals surface area contributed by atoms with Crippen molar-refractivity contribution in [2.75, 3.05) is 0 Å². The molecule has 116 valence electrons. The maximum Gasteiger partial charge on any atom is 0.196 e. The van der Waals surface area contributed by atoms with Crippen LogP contribution in [0.4, 0.5) is 0 Å². The predicted molar refractivity (Wildman–Crippen MR) is 90.0 cm³/mol. The molecular formula is C20H24O2. The maximum atomic E-state index is 12.9. The first-order valence-corrected chi connectivity index (χ1v) is 7.93. The Labute approximate surface area is 133 Å². The molecule has 0 aliphatic carbocycles. The van der Waals surface area contributed by atoms with Crippen molar-refractivity contribution in [2.24, 2.45) is 5.92 Å². The molecule has 2 aromatic carbocycles. The molecule has 22 heavy (non-hydrogen) atoms. The monoisotopic (exact) mass is 296 g/mol. The quantitative estimate of drug-likeness (QED) is 0.667. The third-order valence-corrected chi connectivity index (χ3v) is 3.86. The topological polar surface area (TPSA) is 26.3 Å². The average molecular weight is 296 g/mol. The molecule has 0 saturated carbocycles. The molecule has 0 aromatic heterocycles. The van der Waals surface area contributed by atoms with Gasteiger partial charge in [-0.2, -0.15) is 0 Å². The van der Waals surface area contributed by atoms with Crippen LogP contribution in [0.15, 0.2) is 60.7 Å². The summed E-state index contributed by atoms with van der Waals surface area (Å²) >= 11 is 0. The molecule has 0 fully saturated rings. The molecule has 2 atom stereocenters. The number of Topliss-reactive ketones (excluding diaryl/α,β-unsaturated/α-hetero) is 1. The minimum atomic E-state index is -0.545. The lowest BCUT2D eigenvalue weighted by Crippen LogP contribution is -2.26. The first kappa shape index (κ1) is 16.4. The highest BCUT2D eigenvalue weighted by Gasteiger charge is 2.26. The average Bonchev–Trinajstić information content (AvgIpc) is 2.56. The molecule has 0 heterocycles. The van der Waals surface area contributed by atoms with Crippen molar-refractivity contribution in [3.05, 3.63) is 71.8 Å². The SMILES string of the molecule is CCC(OC(C(=O)c1ccccc1)c1ccccc1)C(C)C. The fourth-order valence-corrected chi connectivity index (χ4v) is 2.57. The lowest BCUT2D eigenvalue weighted by molar-refractivity contribution is -0.0267. The van der Waals surface area contributed by atoms with Crippen LogP contribution >= 0.6 is 0 Å². The van der Waals surface area contributed by atoms with Gasteiger partial charge in [-0.25, -0.2) is 0 Å². The second kappa shape index (κ2) is 7.90. The summed E-state index contributed by atoms with van der Waals surface area (Å²) in [7, 11) is 0. The molecule has 0 bridgehead atoms. The lowest BCUT2D eigenvalue weighted by Gasteiger charge is -2.26. The van der Waals surface area contributed by atoms with E-state index >= 15 is 0 Å². The van der Waals surface area contributed by atoms with Crippen molar-refractivity contribution in [3.8, 4) is 0 Å². The molecule has 2 nitrogen and oxygen atoms in total. The van der Waals surface area contributed by atoms with Crippen LogP contribution in [0.25, 0.3) is 0 Å². The Morgan fingerprint density at radius 1 is 0.955 bits per heavy atom. The van der Waals surface area contributed by atoms with Gasteiger partial charge in [-0.05, 0) is 17.9 Å². The molecule has 0 spiro atoms. The fraction of sp³-hybridized carbons (Fsp3) is 0.350. The number of carbonyl (C=O) groups excluding carboxylic acids is 1. The Morgan fingerprint density at radius 3 is 2.00 bits per heavy atom. The Morgan fingerprint density at radius 2 is 1.50 bits per heavy atom.